The molecule has 0 bridgehead atoms. The van der Waals surface area contributed by atoms with E-state index in [-0.39, 0.29) is 5.41 Å². The van der Waals surface area contributed by atoms with Crippen LogP contribution in [0.5, 0.6) is 0 Å². The van der Waals surface area contributed by atoms with Crippen molar-refractivity contribution in [2.45, 2.75) is 27.2 Å². The fraction of sp³-hybridized carbons (Fsp3) is 0.385. The third-order valence-corrected chi connectivity index (χ3v) is 2.60. The van der Waals surface area contributed by atoms with Gasteiger partial charge in [-0.05, 0) is 31.2 Å². The number of allylic oxidation sites excluding steroid dienone is 6. The predicted molar refractivity (Wildman–Crippen MR) is 62.7 cm³/mol. The fourth-order valence-electron chi connectivity index (χ4n) is 1.24. The summed E-state index contributed by atoms with van der Waals surface area (Å²) in [6.07, 6.45) is 15.8. The highest BCUT2D eigenvalue weighted by atomic mass is 14.8. The lowest BCUT2D eigenvalue weighted by Crippen LogP contribution is -2.09. The largest absolute Gasteiger partial charge is 0.368 e. The summed E-state index contributed by atoms with van der Waals surface area (Å²) >= 11 is 0. The van der Waals surface area contributed by atoms with Gasteiger partial charge < -0.3 is 5.32 Å². The van der Waals surface area contributed by atoms with Crippen LogP contribution in [0.4, 0.5) is 0 Å². The van der Waals surface area contributed by atoms with E-state index in [1.807, 2.05) is 12.4 Å². The lowest BCUT2D eigenvalue weighted by molar-refractivity contribution is 0.528. The molecule has 0 saturated heterocycles. The van der Waals surface area contributed by atoms with Crippen LogP contribution in [0, 0.1) is 5.41 Å². The Morgan fingerprint density at radius 2 is 2.07 bits per heavy atom. The minimum Gasteiger partial charge on any atom is -0.368 e. The summed E-state index contributed by atoms with van der Waals surface area (Å²) in [6, 6.07) is 0. The van der Waals surface area contributed by atoms with Gasteiger partial charge >= 0.3 is 0 Å². The van der Waals surface area contributed by atoms with E-state index in [1.54, 1.807) is 0 Å². The third-order valence-electron chi connectivity index (χ3n) is 2.60. The SMILES string of the molecule is CCC1(C)\C=C/C=C(C)/C=C\N/C=C\1. The van der Waals surface area contributed by atoms with Crippen molar-refractivity contribution in [3.63, 3.8) is 0 Å². The maximum absolute atomic E-state index is 3.14. The molecule has 1 nitrogen and oxygen atoms in total. The average molecular weight is 189 g/mol. The minimum atomic E-state index is 0.162. The minimum absolute atomic E-state index is 0.162. The number of hydrogen-bond donors (Lipinski definition) is 1. The molecule has 1 aliphatic rings. The maximum Gasteiger partial charge on any atom is 0.00505 e. The first-order valence-corrected chi connectivity index (χ1v) is 5.13. The third kappa shape index (κ3) is 3.25. The summed E-state index contributed by atoms with van der Waals surface area (Å²) in [5.41, 5.74) is 1.41. The first-order valence-electron chi connectivity index (χ1n) is 5.13. The Balaban J connectivity index is 2.89. The molecule has 0 amide bonds. The van der Waals surface area contributed by atoms with Crippen LogP contribution in [0.3, 0.4) is 0 Å². The lowest BCUT2D eigenvalue weighted by Gasteiger charge is -2.19. The zero-order valence-corrected chi connectivity index (χ0v) is 9.25. The van der Waals surface area contributed by atoms with E-state index in [0.29, 0.717) is 0 Å². The normalized spacial score (nSPS) is 37.5. The zero-order chi connectivity index (χ0) is 10.4. The van der Waals surface area contributed by atoms with Gasteiger partial charge in [-0.25, -0.2) is 0 Å². The van der Waals surface area contributed by atoms with Crippen LogP contribution in [0.15, 0.2) is 48.4 Å². The highest BCUT2D eigenvalue weighted by molar-refractivity contribution is 5.24. The predicted octanol–water partition coefficient (Wildman–Crippen LogP) is 3.54. The number of nitrogens with one attached hydrogen (secondary N) is 1. The smallest absolute Gasteiger partial charge is 0.00505 e. The summed E-state index contributed by atoms with van der Waals surface area (Å²) in [6.45, 7) is 6.53. The fourth-order valence-corrected chi connectivity index (χ4v) is 1.24. The van der Waals surface area contributed by atoms with Gasteiger partial charge in [0.15, 0.2) is 0 Å². The van der Waals surface area contributed by atoms with Crippen molar-refractivity contribution >= 4 is 0 Å². The molecule has 0 spiro atoms. The molecule has 1 unspecified atom stereocenters. The van der Waals surface area contributed by atoms with Gasteiger partial charge in [0.2, 0.25) is 0 Å². The monoisotopic (exact) mass is 189 g/mol. The van der Waals surface area contributed by atoms with Gasteiger partial charge in [-0.3, -0.25) is 0 Å². The van der Waals surface area contributed by atoms with Gasteiger partial charge in [-0.2, -0.15) is 0 Å². The van der Waals surface area contributed by atoms with E-state index in [9.17, 15) is 0 Å². The molecule has 0 saturated carbocycles. The van der Waals surface area contributed by atoms with E-state index >= 15 is 0 Å². The van der Waals surface area contributed by atoms with Crippen molar-refractivity contribution in [1.82, 2.24) is 5.32 Å². The molecule has 1 heterocycles. The van der Waals surface area contributed by atoms with E-state index < -0.39 is 0 Å². The summed E-state index contributed by atoms with van der Waals surface area (Å²) in [4.78, 5) is 0. The van der Waals surface area contributed by atoms with Crippen LogP contribution in [-0.2, 0) is 0 Å². The molecule has 1 atom stereocenters. The maximum atomic E-state index is 3.14. The van der Waals surface area contributed by atoms with Crippen LogP contribution in [0.2, 0.25) is 0 Å². The molecule has 1 N–H and O–H groups in total. The first kappa shape index (κ1) is 10.8. The van der Waals surface area contributed by atoms with Crippen molar-refractivity contribution in [3.8, 4) is 0 Å². The number of hydrogen-bond acceptors (Lipinski definition) is 1. The van der Waals surface area contributed by atoms with Crippen LogP contribution in [0.25, 0.3) is 0 Å². The quantitative estimate of drug-likeness (QED) is 0.665. The van der Waals surface area contributed by atoms with Gasteiger partial charge in [0.05, 0.1) is 0 Å². The van der Waals surface area contributed by atoms with E-state index in [1.165, 1.54) is 5.57 Å². The Kier molecular flexibility index (Phi) is 3.75. The second kappa shape index (κ2) is 4.85. The first-order chi connectivity index (χ1) is 6.66. The zero-order valence-electron chi connectivity index (χ0n) is 9.25. The van der Waals surface area contributed by atoms with E-state index in [0.717, 1.165) is 6.42 Å². The highest BCUT2D eigenvalue weighted by Crippen LogP contribution is 2.24. The molecule has 14 heavy (non-hydrogen) atoms. The second-order valence-electron chi connectivity index (χ2n) is 3.96. The van der Waals surface area contributed by atoms with Crippen molar-refractivity contribution in [3.05, 3.63) is 48.4 Å². The molecule has 76 valence electrons. The Morgan fingerprint density at radius 3 is 2.79 bits per heavy atom. The van der Waals surface area contributed by atoms with Crippen LogP contribution < -0.4 is 5.32 Å². The summed E-state index contributed by atoms with van der Waals surface area (Å²) in [5, 5.41) is 3.14. The van der Waals surface area contributed by atoms with Crippen LogP contribution in [-0.4, -0.2) is 0 Å². The Labute approximate surface area is 86.9 Å². The van der Waals surface area contributed by atoms with Gasteiger partial charge in [-0.15, -0.1) is 0 Å². The Hall–Kier alpha value is -1.24. The molecule has 1 aliphatic heterocycles. The van der Waals surface area contributed by atoms with E-state index in [4.69, 9.17) is 0 Å². The van der Waals surface area contributed by atoms with Crippen molar-refractivity contribution in [2.75, 3.05) is 0 Å². The molecule has 0 fully saturated rings. The number of rotatable bonds is 1. The highest BCUT2D eigenvalue weighted by Gasteiger charge is 2.13. The summed E-state index contributed by atoms with van der Waals surface area (Å²) in [5.74, 6) is 0. The van der Waals surface area contributed by atoms with Crippen LogP contribution in [0.1, 0.15) is 27.2 Å². The summed E-state index contributed by atoms with van der Waals surface area (Å²) in [7, 11) is 0. The Bertz CT molecular complexity index is 294. The molecule has 0 aromatic heterocycles. The summed E-state index contributed by atoms with van der Waals surface area (Å²) < 4.78 is 0. The topological polar surface area (TPSA) is 12.0 Å². The Morgan fingerprint density at radius 1 is 1.29 bits per heavy atom. The molecule has 0 radical (unpaired) electrons. The van der Waals surface area contributed by atoms with Crippen molar-refractivity contribution in [2.24, 2.45) is 5.41 Å². The molecule has 0 aromatic carbocycles. The molecular formula is C13H19N. The van der Waals surface area contributed by atoms with Gasteiger partial charge in [0, 0.05) is 11.6 Å². The van der Waals surface area contributed by atoms with Gasteiger partial charge in [0.1, 0.15) is 0 Å². The van der Waals surface area contributed by atoms with Gasteiger partial charge in [-0.1, -0.05) is 38.2 Å². The molecule has 1 heteroatoms. The van der Waals surface area contributed by atoms with Crippen molar-refractivity contribution < 1.29 is 0 Å². The molecule has 0 aromatic rings. The molecular weight excluding hydrogens is 170 g/mol. The van der Waals surface area contributed by atoms with E-state index in [2.05, 4.69) is 56.5 Å². The standard InChI is InChI=1S/C13H19N/c1-4-13(3)8-5-6-12(2)7-10-14-11-9-13/h5-11,14H,4H2,1-3H3/b8-5-,10-7-,11-9-,12-6+. The van der Waals surface area contributed by atoms with Gasteiger partial charge in [0.25, 0.3) is 0 Å². The molecule has 0 aliphatic carbocycles. The van der Waals surface area contributed by atoms with Crippen LogP contribution >= 0.6 is 0 Å². The second-order valence-corrected chi connectivity index (χ2v) is 3.96. The molecule has 1 rings (SSSR count). The average Bonchev–Trinajstić information content (AvgIpc) is 2.17. The van der Waals surface area contributed by atoms with Crippen molar-refractivity contribution in [1.29, 1.82) is 0 Å². The lowest BCUT2D eigenvalue weighted by atomic mass is 9.87.